The number of carboxylic acid groups (broad SMARTS) is 1. The minimum absolute atomic E-state index is 0.168. The van der Waals surface area contributed by atoms with Gasteiger partial charge < -0.3 is 20.5 Å². The van der Waals surface area contributed by atoms with Crippen LogP contribution in [-0.4, -0.2) is 54.1 Å². The highest BCUT2D eigenvalue weighted by molar-refractivity contribution is 5.79. The minimum Gasteiger partial charge on any atom is -0.480 e. The van der Waals surface area contributed by atoms with Gasteiger partial charge in [-0.1, -0.05) is 0 Å². The van der Waals surface area contributed by atoms with Crippen LogP contribution >= 0.6 is 0 Å². The fourth-order valence-corrected chi connectivity index (χ4v) is 1.73. The zero-order valence-corrected chi connectivity index (χ0v) is 9.42. The summed E-state index contributed by atoms with van der Waals surface area (Å²) in [5.41, 5.74) is 5.17. The molecule has 1 fully saturated rings. The molecule has 0 atom stereocenters. The van der Waals surface area contributed by atoms with Crippen molar-refractivity contribution in [2.24, 2.45) is 11.7 Å². The molecule has 0 bridgehead atoms. The average molecular weight is 244 g/mol. The quantitative estimate of drug-likeness (QED) is 0.632. The van der Waals surface area contributed by atoms with E-state index in [1.54, 1.807) is 4.90 Å². The van der Waals surface area contributed by atoms with Gasteiger partial charge in [-0.05, 0) is 12.8 Å². The number of carboxylic acids is 1. The van der Waals surface area contributed by atoms with Gasteiger partial charge in [0.25, 0.3) is 0 Å². The van der Waals surface area contributed by atoms with Crippen LogP contribution in [0.1, 0.15) is 12.8 Å². The van der Waals surface area contributed by atoms with Gasteiger partial charge in [0.2, 0.25) is 11.8 Å². The normalized spacial score (nSPS) is 16.8. The van der Waals surface area contributed by atoms with E-state index in [0.29, 0.717) is 25.9 Å². The number of hydrogen-bond donors (Lipinski definition) is 2. The summed E-state index contributed by atoms with van der Waals surface area (Å²) in [6.45, 7) is 0.197. The number of nitrogens with zero attached hydrogens (tertiary/aromatic N) is 1. The van der Waals surface area contributed by atoms with Crippen molar-refractivity contribution in [2.45, 2.75) is 12.8 Å². The fraction of sp³-hybridized carbons (Fsp3) is 0.700. The van der Waals surface area contributed by atoms with Crippen molar-refractivity contribution in [3.63, 3.8) is 0 Å². The zero-order valence-electron chi connectivity index (χ0n) is 9.42. The van der Waals surface area contributed by atoms with Crippen molar-refractivity contribution >= 4 is 17.8 Å². The topological polar surface area (TPSA) is 110 Å². The summed E-state index contributed by atoms with van der Waals surface area (Å²) in [6, 6.07) is 0. The van der Waals surface area contributed by atoms with Gasteiger partial charge >= 0.3 is 5.97 Å². The lowest BCUT2D eigenvalue weighted by molar-refractivity contribution is -0.146. The van der Waals surface area contributed by atoms with Gasteiger partial charge in [0, 0.05) is 19.0 Å². The molecule has 7 heteroatoms. The minimum atomic E-state index is -1.11. The molecule has 1 aliphatic rings. The lowest BCUT2D eigenvalue weighted by Crippen LogP contribution is -2.43. The largest absolute Gasteiger partial charge is 0.480 e. The third kappa shape index (κ3) is 4.39. The predicted molar refractivity (Wildman–Crippen MR) is 57.0 cm³/mol. The summed E-state index contributed by atoms with van der Waals surface area (Å²) >= 11 is 0. The molecule has 0 aliphatic carbocycles. The van der Waals surface area contributed by atoms with Crippen molar-refractivity contribution < 1.29 is 24.2 Å². The van der Waals surface area contributed by atoms with Crippen LogP contribution in [0, 0.1) is 5.92 Å². The molecule has 0 spiro atoms. The molecule has 1 rings (SSSR count). The number of piperidine rings is 1. The molecular weight excluding hydrogens is 228 g/mol. The summed E-state index contributed by atoms with van der Waals surface area (Å²) in [4.78, 5) is 34.2. The van der Waals surface area contributed by atoms with Gasteiger partial charge in [-0.15, -0.1) is 0 Å². The van der Waals surface area contributed by atoms with Crippen LogP contribution in [0.15, 0.2) is 0 Å². The fourth-order valence-electron chi connectivity index (χ4n) is 1.73. The third-order valence-corrected chi connectivity index (χ3v) is 2.70. The molecule has 17 heavy (non-hydrogen) atoms. The Balaban J connectivity index is 2.26. The number of nitrogens with two attached hydrogens (primary N) is 1. The SMILES string of the molecule is NC(=O)C1CCN(C(=O)COCC(=O)O)CC1. The Morgan fingerprint density at radius 1 is 1.24 bits per heavy atom. The first kappa shape index (κ1) is 13.4. The van der Waals surface area contributed by atoms with E-state index in [0.717, 1.165) is 0 Å². The van der Waals surface area contributed by atoms with Crippen LogP contribution in [0.4, 0.5) is 0 Å². The van der Waals surface area contributed by atoms with E-state index < -0.39 is 12.6 Å². The number of carbonyl (C=O) groups is 3. The van der Waals surface area contributed by atoms with Crippen LogP contribution in [0.5, 0.6) is 0 Å². The highest BCUT2D eigenvalue weighted by Crippen LogP contribution is 2.16. The van der Waals surface area contributed by atoms with Crippen LogP contribution in [0.2, 0.25) is 0 Å². The maximum atomic E-state index is 11.5. The Hall–Kier alpha value is -1.63. The molecule has 0 aromatic rings. The Kier molecular flexibility index (Phi) is 4.89. The van der Waals surface area contributed by atoms with Crippen molar-refractivity contribution in [3.8, 4) is 0 Å². The predicted octanol–water partition coefficient (Wildman–Crippen LogP) is -1.19. The molecule has 3 N–H and O–H groups in total. The van der Waals surface area contributed by atoms with E-state index in [1.165, 1.54) is 0 Å². The smallest absolute Gasteiger partial charge is 0.329 e. The van der Waals surface area contributed by atoms with E-state index in [1.807, 2.05) is 0 Å². The van der Waals surface area contributed by atoms with Gasteiger partial charge in [0.05, 0.1) is 0 Å². The number of primary amides is 1. The second-order valence-electron chi connectivity index (χ2n) is 3.94. The molecule has 1 heterocycles. The zero-order chi connectivity index (χ0) is 12.8. The van der Waals surface area contributed by atoms with Crippen LogP contribution in [0.25, 0.3) is 0 Å². The first-order valence-corrected chi connectivity index (χ1v) is 5.37. The highest BCUT2D eigenvalue weighted by Gasteiger charge is 2.25. The summed E-state index contributed by atoms with van der Waals surface area (Å²) in [6.07, 6.45) is 1.11. The molecule has 0 radical (unpaired) electrons. The molecule has 1 aliphatic heterocycles. The molecule has 0 aromatic carbocycles. The summed E-state index contributed by atoms with van der Waals surface area (Å²) in [5, 5.41) is 8.33. The van der Waals surface area contributed by atoms with Crippen LogP contribution < -0.4 is 5.73 Å². The monoisotopic (exact) mass is 244 g/mol. The first-order chi connectivity index (χ1) is 8.00. The summed E-state index contributed by atoms with van der Waals surface area (Å²) in [5.74, 6) is -1.86. The number of hydrogen-bond acceptors (Lipinski definition) is 4. The van der Waals surface area contributed by atoms with Crippen molar-refractivity contribution in [1.82, 2.24) is 4.90 Å². The number of rotatable bonds is 5. The van der Waals surface area contributed by atoms with Crippen molar-refractivity contribution in [2.75, 3.05) is 26.3 Å². The van der Waals surface area contributed by atoms with E-state index >= 15 is 0 Å². The molecule has 0 saturated carbocycles. The number of likely N-dealkylation sites (tertiary alicyclic amines) is 1. The van der Waals surface area contributed by atoms with Crippen LogP contribution in [0.3, 0.4) is 0 Å². The molecule has 2 amide bonds. The number of amides is 2. The van der Waals surface area contributed by atoms with E-state index in [9.17, 15) is 14.4 Å². The number of aliphatic carboxylic acids is 1. The Labute approximate surface area is 98.5 Å². The summed E-state index contributed by atoms with van der Waals surface area (Å²) in [7, 11) is 0. The Morgan fingerprint density at radius 3 is 2.29 bits per heavy atom. The lowest BCUT2D eigenvalue weighted by Gasteiger charge is -2.30. The first-order valence-electron chi connectivity index (χ1n) is 5.37. The molecule has 0 unspecified atom stereocenters. The average Bonchev–Trinajstić information content (AvgIpc) is 2.28. The maximum absolute atomic E-state index is 11.5. The van der Waals surface area contributed by atoms with E-state index in [2.05, 4.69) is 0 Å². The van der Waals surface area contributed by atoms with Gasteiger partial charge in [0.15, 0.2) is 0 Å². The second-order valence-corrected chi connectivity index (χ2v) is 3.94. The third-order valence-electron chi connectivity index (χ3n) is 2.70. The standard InChI is InChI=1S/C10H16N2O5/c11-10(16)7-1-3-12(4-2-7)8(13)5-17-6-9(14)15/h7H,1-6H2,(H2,11,16)(H,14,15). The maximum Gasteiger partial charge on any atom is 0.329 e. The molecule has 96 valence electrons. The van der Waals surface area contributed by atoms with E-state index in [-0.39, 0.29) is 24.3 Å². The Bertz CT molecular complexity index is 310. The number of ether oxygens (including phenoxy) is 1. The summed E-state index contributed by atoms with van der Waals surface area (Å²) < 4.78 is 4.70. The van der Waals surface area contributed by atoms with Gasteiger partial charge in [-0.3, -0.25) is 9.59 Å². The Morgan fingerprint density at radius 2 is 1.82 bits per heavy atom. The van der Waals surface area contributed by atoms with Gasteiger partial charge in [-0.2, -0.15) is 0 Å². The van der Waals surface area contributed by atoms with Crippen LogP contribution in [-0.2, 0) is 19.1 Å². The van der Waals surface area contributed by atoms with Crippen molar-refractivity contribution in [3.05, 3.63) is 0 Å². The lowest BCUT2D eigenvalue weighted by atomic mass is 9.96. The molecule has 7 nitrogen and oxygen atoms in total. The highest BCUT2D eigenvalue weighted by atomic mass is 16.5. The van der Waals surface area contributed by atoms with Gasteiger partial charge in [-0.25, -0.2) is 4.79 Å². The number of carbonyl (C=O) groups excluding carboxylic acids is 2. The molecule has 1 saturated heterocycles. The van der Waals surface area contributed by atoms with E-state index in [4.69, 9.17) is 15.6 Å². The molecular formula is C10H16N2O5. The molecule has 0 aromatic heterocycles. The van der Waals surface area contributed by atoms with Gasteiger partial charge in [0.1, 0.15) is 13.2 Å². The van der Waals surface area contributed by atoms with Crippen molar-refractivity contribution in [1.29, 1.82) is 0 Å². The second kappa shape index (κ2) is 6.19.